The van der Waals surface area contributed by atoms with Crippen molar-refractivity contribution in [2.24, 2.45) is 10.6 Å². The highest BCUT2D eigenvalue weighted by Gasteiger charge is 2.25. The number of nitrogens with zero attached hydrogens (tertiary/aromatic N) is 3. The maximum absolute atomic E-state index is 11.1. The molecule has 0 aliphatic rings. The van der Waals surface area contributed by atoms with Crippen molar-refractivity contribution in [3.63, 3.8) is 0 Å². The van der Waals surface area contributed by atoms with E-state index in [1.165, 1.54) is 0 Å². The summed E-state index contributed by atoms with van der Waals surface area (Å²) < 4.78 is 29.3. The number of hydrogen-bond acceptors (Lipinski definition) is 5. The molecule has 0 spiro atoms. The van der Waals surface area contributed by atoms with Gasteiger partial charge in [-0.3, -0.25) is 0 Å². The van der Waals surface area contributed by atoms with Crippen LogP contribution in [-0.4, -0.2) is 35.4 Å². The molecule has 2 aromatic rings. The molecule has 0 aliphatic carbocycles. The molecule has 2 aromatic heterocycles. The molecule has 2 rings (SSSR count). The van der Waals surface area contributed by atoms with E-state index >= 15 is 0 Å². The van der Waals surface area contributed by atoms with Gasteiger partial charge < -0.3 is 4.74 Å². The van der Waals surface area contributed by atoms with Gasteiger partial charge in [0, 0.05) is 23.9 Å². The molecule has 0 unspecified atom stereocenters. The van der Waals surface area contributed by atoms with Crippen molar-refractivity contribution >= 4 is 28.1 Å². The van der Waals surface area contributed by atoms with Gasteiger partial charge in [0.1, 0.15) is 0 Å². The summed E-state index contributed by atoms with van der Waals surface area (Å²) in [7, 11) is -3.53. The summed E-state index contributed by atoms with van der Waals surface area (Å²) >= 11 is 0. The van der Waals surface area contributed by atoms with Crippen molar-refractivity contribution in [3.05, 3.63) is 24.5 Å². The molecular formula is C11H17ClN4O3S. The fraction of sp³-hybridized carbons (Fsp3) is 0.455. The van der Waals surface area contributed by atoms with Crippen LogP contribution in [0.3, 0.4) is 0 Å². The summed E-state index contributed by atoms with van der Waals surface area (Å²) in [6.45, 7) is 3.75. The number of imidazole rings is 1. The van der Waals surface area contributed by atoms with Crippen molar-refractivity contribution in [2.75, 3.05) is 12.4 Å². The van der Waals surface area contributed by atoms with Crippen LogP contribution in [0.1, 0.15) is 13.8 Å². The fourth-order valence-corrected chi connectivity index (χ4v) is 2.90. The molecule has 0 amide bonds. The Hall–Kier alpha value is -1.38. The van der Waals surface area contributed by atoms with Crippen LogP contribution in [0, 0.1) is 5.41 Å². The predicted molar refractivity (Wildman–Crippen MR) is 77.5 cm³/mol. The monoisotopic (exact) mass is 320 g/mol. The molecule has 9 heteroatoms. The molecule has 0 aromatic carbocycles. The summed E-state index contributed by atoms with van der Waals surface area (Å²) in [4.78, 5) is 4.07. The third-order valence-electron chi connectivity index (χ3n) is 2.43. The molecule has 0 fully saturated rings. The molecule has 0 atom stereocenters. The Morgan fingerprint density at radius 3 is 2.75 bits per heavy atom. The van der Waals surface area contributed by atoms with Crippen LogP contribution in [0.2, 0.25) is 0 Å². The number of ether oxygens (including phenoxy) is 1. The van der Waals surface area contributed by atoms with E-state index in [9.17, 15) is 8.42 Å². The number of nitrogens with two attached hydrogens (primary N) is 1. The lowest BCUT2D eigenvalue weighted by atomic mass is 9.98. The topological polar surface area (TPSA) is 99.6 Å². The van der Waals surface area contributed by atoms with E-state index in [2.05, 4.69) is 10.1 Å². The van der Waals surface area contributed by atoms with Crippen LogP contribution in [-0.2, 0) is 10.0 Å². The van der Waals surface area contributed by atoms with Crippen LogP contribution in [0.5, 0.6) is 5.88 Å². The summed E-state index contributed by atoms with van der Waals surface area (Å²) in [6, 6.07) is 3.46. The van der Waals surface area contributed by atoms with Gasteiger partial charge in [0.05, 0.1) is 12.4 Å². The Balaban J connectivity index is 0.00000200. The zero-order valence-electron chi connectivity index (χ0n) is 11.2. The fourth-order valence-electron chi connectivity index (χ4n) is 1.73. The highest BCUT2D eigenvalue weighted by atomic mass is 35.5. The van der Waals surface area contributed by atoms with E-state index in [-0.39, 0.29) is 24.8 Å². The van der Waals surface area contributed by atoms with Gasteiger partial charge in [0.15, 0.2) is 5.65 Å². The van der Waals surface area contributed by atoms with Crippen molar-refractivity contribution in [3.8, 4) is 5.88 Å². The van der Waals surface area contributed by atoms with Gasteiger partial charge in [-0.2, -0.15) is 0 Å². The SMILES string of the molecule is CC(C)(COc1ccc2nccn2n1)CS(N)(=O)=O.Cl. The van der Waals surface area contributed by atoms with Gasteiger partial charge in [0.2, 0.25) is 15.9 Å². The van der Waals surface area contributed by atoms with E-state index < -0.39 is 15.4 Å². The van der Waals surface area contributed by atoms with Crippen molar-refractivity contribution < 1.29 is 13.2 Å². The van der Waals surface area contributed by atoms with Crippen LogP contribution >= 0.6 is 12.4 Å². The second kappa shape index (κ2) is 5.94. The minimum absolute atomic E-state index is 0. The molecule has 2 heterocycles. The molecular weight excluding hydrogens is 304 g/mol. The number of halogens is 1. The maximum Gasteiger partial charge on any atom is 0.231 e. The Morgan fingerprint density at radius 2 is 2.10 bits per heavy atom. The van der Waals surface area contributed by atoms with E-state index in [1.54, 1.807) is 42.9 Å². The smallest absolute Gasteiger partial charge is 0.231 e. The average molecular weight is 321 g/mol. The van der Waals surface area contributed by atoms with Crippen LogP contribution in [0.4, 0.5) is 0 Å². The summed E-state index contributed by atoms with van der Waals surface area (Å²) in [5.74, 6) is 0.265. The first-order valence-electron chi connectivity index (χ1n) is 5.69. The van der Waals surface area contributed by atoms with E-state index in [0.717, 1.165) is 5.65 Å². The molecule has 2 N–H and O–H groups in total. The molecule has 0 saturated carbocycles. The Bertz CT molecular complexity index is 684. The van der Waals surface area contributed by atoms with Gasteiger partial charge in [-0.1, -0.05) is 13.8 Å². The Labute approximate surface area is 123 Å². The van der Waals surface area contributed by atoms with Crippen LogP contribution in [0.15, 0.2) is 24.5 Å². The first kappa shape index (κ1) is 16.7. The van der Waals surface area contributed by atoms with Gasteiger partial charge >= 0.3 is 0 Å². The first-order valence-corrected chi connectivity index (χ1v) is 7.40. The molecule has 0 bridgehead atoms. The lowest BCUT2D eigenvalue weighted by molar-refractivity contribution is 0.191. The number of hydrogen-bond donors (Lipinski definition) is 1. The molecule has 0 radical (unpaired) electrons. The normalized spacial score (nSPS) is 12.2. The van der Waals surface area contributed by atoms with Crippen LogP contribution < -0.4 is 9.88 Å². The minimum Gasteiger partial charge on any atom is -0.476 e. The number of fused-ring (bicyclic) bond motifs is 1. The predicted octanol–water partition coefficient (Wildman–Crippen LogP) is 0.845. The summed E-state index contributed by atoms with van der Waals surface area (Å²) in [6.07, 6.45) is 3.34. The number of rotatable bonds is 5. The van der Waals surface area contributed by atoms with Crippen molar-refractivity contribution in [2.45, 2.75) is 13.8 Å². The second-order valence-electron chi connectivity index (χ2n) is 5.16. The lowest BCUT2D eigenvalue weighted by Crippen LogP contribution is -2.33. The van der Waals surface area contributed by atoms with E-state index in [1.807, 2.05) is 0 Å². The third kappa shape index (κ3) is 4.62. The minimum atomic E-state index is -3.53. The Morgan fingerprint density at radius 1 is 1.40 bits per heavy atom. The number of primary sulfonamides is 1. The van der Waals surface area contributed by atoms with Crippen molar-refractivity contribution in [1.82, 2.24) is 14.6 Å². The molecule has 0 saturated heterocycles. The molecule has 20 heavy (non-hydrogen) atoms. The molecule has 112 valence electrons. The van der Waals surface area contributed by atoms with E-state index in [0.29, 0.717) is 5.88 Å². The van der Waals surface area contributed by atoms with Gasteiger partial charge in [-0.25, -0.2) is 23.1 Å². The summed E-state index contributed by atoms with van der Waals surface area (Å²) in [5.41, 5.74) is 0.134. The van der Waals surface area contributed by atoms with Gasteiger partial charge in [0.25, 0.3) is 0 Å². The zero-order valence-corrected chi connectivity index (χ0v) is 12.8. The highest BCUT2D eigenvalue weighted by Crippen LogP contribution is 2.19. The third-order valence-corrected chi connectivity index (χ3v) is 3.62. The van der Waals surface area contributed by atoms with Gasteiger partial charge in [-0.05, 0) is 6.07 Å². The molecule has 0 aliphatic heterocycles. The average Bonchev–Trinajstić information content (AvgIpc) is 2.70. The zero-order chi connectivity index (χ0) is 14.1. The van der Waals surface area contributed by atoms with E-state index in [4.69, 9.17) is 9.88 Å². The van der Waals surface area contributed by atoms with Gasteiger partial charge in [-0.15, -0.1) is 17.5 Å². The number of aromatic nitrogens is 3. The first-order chi connectivity index (χ1) is 8.75. The Kier molecular flexibility index (Phi) is 4.95. The second-order valence-corrected chi connectivity index (χ2v) is 6.78. The summed E-state index contributed by atoms with van der Waals surface area (Å²) in [5, 5.41) is 9.23. The lowest BCUT2D eigenvalue weighted by Gasteiger charge is -2.22. The standard InChI is InChI=1S/C11H16N4O3S.ClH/c1-11(2,8-19(12,16)17)7-18-10-4-3-9-13-5-6-15(9)14-10;/h3-6H,7-8H2,1-2H3,(H2,12,16,17);1H. The quantitative estimate of drug-likeness (QED) is 0.880. The highest BCUT2D eigenvalue weighted by molar-refractivity contribution is 7.89. The van der Waals surface area contributed by atoms with Crippen LogP contribution in [0.25, 0.3) is 5.65 Å². The molecule has 7 nitrogen and oxygen atoms in total. The maximum atomic E-state index is 11.1. The van der Waals surface area contributed by atoms with Crippen molar-refractivity contribution in [1.29, 1.82) is 0 Å². The number of sulfonamides is 1. The largest absolute Gasteiger partial charge is 0.476 e.